The first-order valence-electron chi connectivity index (χ1n) is 7.84. The molecule has 0 amide bonds. The molecule has 0 bridgehead atoms. The summed E-state index contributed by atoms with van der Waals surface area (Å²) in [6, 6.07) is 13.4. The molecule has 2 aromatic carbocycles. The second-order valence-corrected chi connectivity index (χ2v) is 7.99. The van der Waals surface area contributed by atoms with Crippen molar-refractivity contribution in [2.75, 3.05) is 0 Å². The van der Waals surface area contributed by atoms with Gasteiger partial charge in [0.05, 0.1) is 4.47 Å². The fraction of sp³-hybridized carbons (Fsp3) is 0.263. The van der Waals surface area contributed by atoms with Gasteiger partial charge in [-0.15, -0.1) is 0 Å². The molecule has 0 saturated carbocycles. The molecule has 0 radical (unpaired) electrons. The predicted octanol–water partition coefficient (Wildman–Crippen LogP) is 6.03. The molecule has 0 atom stereocenters. The Morgan fingerprint density at radius 3 is 2.48 bits per heavy atom. The number of hydrogen-bond acceptors (Lipinski definition) is 4. The second-order valence-electron chi connectivity index (χ2n) is 6.70. The average Bonchev–Trinajstić information content (AvgIpc) is 3.02. The molecular formula is C19H18BrClN2O2. The van der Waals surface area contributed by atoms with Gasteiger partial charge >= 0.3 is 0 Å². The Bertz CT molecular complexity index is 870. The zero-order valence-corrected chi connectivity index (χ0v) is 16.6. The maximum atomic E-state index is 5.89. The first-order valence-corrected chi connectivity index (χ1v) is 9.01. The standard InChI is InChI=1S/C19H18BrClN2O2/c1-19(2,3)13-6-9-16(15(20)10-13)24-11-17-22-18(23-25-17)12-4-7-14(21)8-5-12/h4-10H,11H2,1-3H3. The molecule has 0 fully saturated rings. The molecule has 3 aromatic rings. The highest BCUT2D eigenvalue weighted by atomic mass is 79.9. The van der Waals surface area contributed by atoms with Crippen molar-refractivity contribution in [3.05, 3.63) is 63.4 Å². The van der Waals surface area contributed by atoms with E-state index in [9.17, 15) is 0 Å². The molecule has 0 spiro atoms. The summed E-state index contributed by atoms with van der Waals surface area (Å²) >= 11 is 9.44. The van der Waals surface area contributed by atoms with Gasteiger partial charge in [-0.3, -0.25) is 0 Å². The van der Waals surface area contributed by atoms with Crippen LogP contribution >= 0.6 is 27.5 Å². The molecule has 130 valence electrons. The lowest BCUT2D eigenvalue weighted by Crippen LogP contribution is -2.11. The van der Waals surface area contributed by atoms with Gasteiger partial charge in [-0.05, 0) is 63.3 Å². The van der Waals surface area contributed by atoms with Crippen LogP contribution in [-0.2, 0) is 12.0 Å². The molecule has 1 aromatic heterocycles. The Morgan fingerprint density at radius 1 is 1.12 bits per heavy atom. The lowest BCUT2D eigenvalue weighted by atomic mass is 9.87. The van der Waals surface area contributed by atoms with E-state index in [1.807, 2.05) is 18.2 Å². The van der Waals surface area contributed by atoms with Crippen LogP contribution in [0.4, 0.5) is 0 Å². The van der Waals surface area contributed by atoms with Crippen molar-refractivity contribution in [1.82, 2.24) is 10.1 Å². The third-order valence-corrected chi connectivity index (χ3v) is 4.59. The summed E-state index contributed by atoms with van der Waals surface area (Å²) in [5, 5.41) is 4.64. The Balaban J connectivity index is 1.69. The van der Waals surface area contributed by atoms with Gasteiger partial charge in [0.1, 0.15) is 5.75 Å². The van der Waals surface area contributed by atoms with E-state index in [2.05, 4.69) is 59.0 Å². The summed E-state index contributed by atoms with van der Waals surface area (Å²) in [6.07, 6.45) is 0. The minimum Gasteiger partial charge on any atom is -0.483 e. The topological polar surface area (TPSA) is 48.2 Å². The minimum atomic E-state index is 0.0843. The molecule has 1 heterocycles. The van der Waals surface area contributed by atoms with E-state index in [-0.39, 0.29) is 12.0 Å². The predicted molar refractivity (Wildman–Crippen MR) is 102 cm³/mol. The second kappa shape index (κ2) is 7.18. The van der Waals surface area contributed by atoms with Gasteiger partial charge in [-0.1, -0.05) is 43.6 Å². The average molecular weight is 422 g/mol. The highest BCUT2D eigenvalue weighted by Gasteiger charge is 2.16. The van der Waals surface area contributed by atoms with Crippen LogP contribution in [0.5, 0.6) is 5.75 Å². The summed E-state index contributed by atoms with van der Waals surface area (Å²) in [6.45, 7) is 6.72. The number of hydrogen-bond donors (Lipinski definition) is 0. The normalized spacial score (nSPS) is 11.6. The molecule has 0 N–H and O–H groups in total. The van der Waals surface area contributed by atoms with Crippen molar-refractivity contribution in [3.63, 3.8) is 0 Å². The van der Waals surface area contributed by atoms with Crippen molar-refractivity contribution in [3.8, 4) is 17.1 Å². The van der Waals surface area contributed by atoms with Gasteiger partial charge in [0.2, 0.25) is 5.82 Å². The summed E-state index contributed by atoms with van der Waals surface area (Å²) < 4.78 is 11.9. The van der Waals surface area contributed by atoms with Crippen LogP contribution in [0, 0.1) is 0 Å². The van der Waals surface area contributed by atoms with Gasteiger partial charge in [-0.25, -0.2) is 0 Å². The first-order chi connectivity index (χ1) is 11.8. The Kier molecular flexibility index (Phi) is 5.16. The Labute approximate surface area is 160 Å². The largest absolute Gasteiger partial charge is 0.483 e. The highest BCUT2D eigenvalue weighted by Crippen LogP contribution is 2.32. The summed E-state index contributed by atoms with van der Waals surface area (Å²) in [7, 11) is 0. The van der Waals surface area contributed by atoms with Crippen LogP contribution in [-0.4, -0.2) is 10.1 Å². The minimum absolute atomic E-state index is 0.0843. The lowest BCUT2D eigenvalue weighted by molar-refractivity contribution is 0.241. The van der Waals surface area contributed by atoms with E-state index >= 15 is 0 Å². The van der Waals surface area contributed by atoms with Gasteiger partial charge in [0.25, 0.3) is 5.89 Å². The van der Waals surface area contributed by atoms with Crippen molar-refractivity contribution in [2.24, 2.45) is 0 Å². The van der Waals surface area contributed by atoms with Crippen LogP contribution in [0.25, 0.3) is 11.4 Å². The van der Waals surface area contributed by atoms with E-state index in [1.54, 1.807) is 12.1 Å². The van der Waals surface area contributed by atoms with Crippen molar-refractivity contribution in [1.29, 1.82) is 0 Å². The molecule has 0 aliphatic heterocycles. The number of nitrogens with zero attached hydrogens (tertiary/aromatic N) is 2. The summed E-state index contributed by atoms with van der Waals surface area (Å²) in [4.78, 5) is 4.35. The Hall–Kier alpha value is -1.85. The molecular weight excluding hydrogens is 404 g/mol. The maximum absolute atomic E-state index is 5.89. The lowest BCUT2D eigenvalue weighted by Gasteiger charge is -2.20. The van der Waals surface area contributed by atoms with E-state index in [0.717, 1.165) is 15.8 Å². The van der Waals surface area contributed by atoms with Crippen LogP contribution in [0.3, 0.4) is 0 Å². The third kappa shape index (κ3) is 4.41. The smallest absolute Gasteiger partial charge is 0.264 e. The molecule has 25 heavy (non-hydrogen) atoms. The number of ether oxygens (including phenoxy) is 1. The van der Waals surface area contributed by atoms with E-state index in [4.69, 9.17) is 20.9 Å². The maximum Gasteiger partial charge on any atom is 0.264 e. The van der Waals surface area contributed by atoms with Crippen LogP contribution in [0.2, 0.25) is 5.02 Å². The SMILES string of the molecule is CC(C)(C)c1ccc(OCc2nc(-c3ccc(Cl)cc3)no2)c(Br)c1. The molecule has 4 nitrogen and oxygen atoms in total. The zero-order valence-electron chi connectivity index (χ0n) is 14.2. The van der Waals surface area contributed by atoms with Gasteiger partial charge in [0, 0.05) is 10.6 Å². The summed E-state index contributed by atoms with van der Waals surface area (Å²) in [5.74, 6) is 1.66. The molecule has 0 aliphatic carbocycles. The van der Waals surface area contributed by atoms with Crippen LogP contribution in [0.15, 0.2) is 51.5 Å². The molecule has 0 aliphatic rings. The van der Waals surface area contributed by atoms with Gasteiger partial charge in [0.15, 0.2) is 6.61 Å². The van der Waals surface area contributed by atoms with Gasteiger partial charge < -0.3 is 9.26 Å². The van der Waals surface area contributed by atoms with E-state index in [0.29, 0.717) is 16.7 Å². The fourth-order valence-electron chi connectivity index (χ4n) is 2.25. The van der Waals surface area contributed by atoms with Crippen molar-refractivity contribution < 1.29 is 9.26 Å². The van der Waals surface area contributed by atoms with Crippen LogP contribution < -0.4 is 4.74 Å². The van der Waals surface area contributed by atoms with E-state index < -0.39 is 0 Å². The third-order valence-electron chi connectivity index (χ3n) is 3.72. The van der Waals surface area contributed by atoms with Gasteiger partial charge in [-0.2, -0.15) is 4.98 Å². The molecule has 6 heteroatoms. The summed E-state index contributed by atoms with van der Waals surface area (Å²) in [5.41, 5.74) is 2.16. The first kappa shape index (κ1) is 18.0. The number of benzene rings is 2. The quantitative estimate of drug-likeness (QED) is 0.516. The Morgan fingerprint density at radius 2 is 1.84 bits per heavy atom. The van der Waals surface area contributed by atoms with E-state index in [1.165, 1.54) is 5.56 Å². The molecule has 0 unspecified atom stereocenters. The van der Waals surface area contributed by atoms with Crippen molar-refractivity contribution in [2.45, 2.75) is 32.8 Å². The van der Waals surface area contributed by atoms with Crippen LogP contribution in [0.1, 0.15) is 32.2 Å². The highest BCUT2D eigenvalue weighted by molar-refractivity contribution is 9.10. The number of aromatic nitrogens is 2. The van der Waals surface area contributed by atoms with Crippen molar-refractivity contribution >= 4 is 27.5 Å². The number of rotatable bonds is 4. The fourth-order valence-corrected chi connectivity index (χ4v) is 2.87. The zero-order chi connectivity index (χ0) is 18.0. The number of halogens is 2. The molecule has 0 saturated heterocycles. The monoisotopic (exact) mass is 420 g/mol. The molecule has 3 rings (SSSR count).